The summed E-state index contributed by atoms with van der Waals surface area (Å²) >= 11 is 0. The third kappa shape index (κ3) is 16.0. The lowest BCUT2D eigenvalue weighted by atomic mass is 9.78. The van der Waals surface area contributed by atoms with E-state index in [4.69, 9.17) is 9.47 Å². The van der Waals surface area contributed by atoms with E-state index in [0.29, 0.717) is 25.2 Å². The van der Waals surface area contributed by atoms with Crippen LogP contribution >= 0.6 is 0 Å². The van der Waals surface area contributed by atoms with Gasteiger partial charge in [-0.2, -0.15) is 0 Å². The minimum absolute atomic E-state index is 0.0837. The van der Waals surface area contributed by atoms with E-state index in [9.17, 15) is 9.90 Å². The number of ether oxygens (including phenoxy) is 2. The van der Waals surface area contributed by atoms with Crippen LogP contribution in [0, 0.1) is 0 Å². The molecular formula is C36H64O4. The normalized spacial score (nSPS) is 13.0. The SMILES string of the molecule is CCCCCCCCCCCCCCCCOC(C)COC(=O)CCc1cc(C(C)(C)C)c(O)c(C(C)(C)C)c1. The number of carbonyl (C=O) groups is 1. The number of benzene rings is 1. The monoisotopic (exact) mass is 560 g/mol. The van der Waals surface area contributed by atoms with Gasteiger partial charge in [-0.3, -0.25) is 4.79 Å². The number of esters is 1. The molecule has 1 aromatic rings. The minimum Gasteiger partial charge on any atom is -0.507 e. The quantitative estimate of drug-likeness (QED) is 0.120. The van der Waals surface area contributed by atoms with Crippen molar-refractivity contribution in [3.63, 3.8) is 0 Å². The minimum atomic E-state index is -0.199. The molecule has 1 atom stereocenters. The van der Waals surface area contributed by atoms with Gasteiger partial charge in [0.15, 0.2) is 0 Å². The van der Waals surface area contributed by atoms with Crippen molar-refractivity contribution in [2.45, 2.75) is 175 Å². The molecule has 4 nitrogen and oxygen atoms in total. The molecule has 0 aromatic heterocycles. The summed E-state index contributed by atoms with van der Waals surface area (Å²) in [5.41, 5.74) is 2.55. The fourth-order valence-electron chi connectivity index (χ4n) is 5.14. The summed E-state index contributed by atoms with van der Waals surface area (Å²) in [6, 6.07) is 4.08. The van der Waals surface area contributed by atoms with Crippen LogP contribution in [0.15, 0.2) is 12.1 Å². The number of phenols is 1. The largest absolute Gasteiger partial charge is 0.507 e. The Hall–Kier alpha value is -1.55. The summed E-state index contributed by atoms with van der Waals surface area (Å²) in [5.74, 6) is 0.172. The van der Waals surface area contributed by atoms with Gasteiger partial charge in [0.25, 0.3) is 0 Å². The van der Waals surface area contributed by atoms with Gasteiger partial charge >= 0.3 is 5.97 Å². The second-order valence-electron chi connectivity index (χ2n) is 14.0. The van der Waals surface area contributed by atoms with Crippen molar-refractivity contribution in [2.75, 3.05) is 13.2 Å². The van der Waals surface area contributed by atoms with Crippen LogP contribution in [0.5, 0.6) is 5.75 Å². The van der Waals surface area contributed by atoms with E-state index in [1.54, 1.807) is 0 Å². The number of rotatable bonds is 21. The Balaban J connectivity index is 2.18. The number of aromatic hydroxyl groups is 1. The Morgan fingerprint density at radius 3 is 1.60 bits per heavy atom. The van der Waals surface area contributed by atoms with Crippen molar-refractivity contribution < 1.29 is 19.4 Å². The molecule has 0 aliphatic rings. The molecular weight excluding hydrogens is 496 g/mol. The lowest BCUT2D eigenvalue weighted by Gasteiger charge is -2.28. The van der Waals surface area contributed by atoms with Crippen LogP contribution in [0.4, 0.5) is 0 Å². The smallest absolute Gasteiger partial charge is 0.306 e. The first-order valence-corrected chi connectivity index (χ1v) is 16.5. The first-order valence-electron chi connectivity index (χ1n) is 16.5. The van der Waals surface area contributed by atoms with Gasteiger partial charge in [-0.1, -0.05) is 144 Å². The summed E-state index contributed by atoms with van der Waals surface area (Å²) < 4.78 is 11.4. The topological polar surface area (TPSA) is 55.8 Å². The predicted octanol–water partition coefficient (Wildman–Crippen LogP) is 10.3. The molecule has 0 fully saturated rings. The van der Waals surface area contributed by atoms with Crippen LogP contribution in [0.2, 0.25) is 0 Å². The lowest BCUT2D eigenvalue weighted by Crippen LogP contribution is -2.20. The van der Waals surface area contributed by atoms with Gasteiger partial charge in [0.1, 0.15) is 12.4 Å². The van der Waals surface area contributed by atoms with Crippen molar-refractivity contribution in [1.29, 1.82) is 0 Å². The molecule has 1 aromatic carbocycles. The maximum absolute atomic E-state index is 12.4. The van der Waals surface area contributed by atoms with Crippen LogP contribution in [0.3, 0.4) is 0 Å². The van der Waals surface area contributed by atoms with E-state index in [1.807, 2.05) is 19.1 Å². The molecule has 0 aliphatic carbocycles. The van der Waals surface area contributed by atoms with E-state index in [1.165, 1.54) is 83.5 Å². The fraction of sp³-hybridized carbons (Fsp3) is 0.806. The standard InChI is InChI=1S/C36H64O4/c1-9-10-11-12-13-14-15-16-17-18-19-20-21-22-25-39-29(2)28-40-33(37)24-23-30-26-31(35(3,4)5)34(38)32(27-30)36(6,7)8/h26-27,29,38H,9-25,28H2,1-8H3. The Labute approximate surface area is 248 Å². The zero-order valence-electron chi connectivity index (χ0n) is 27.6. The summed E-state index contributed by atoms with van der Waals surface area (Å²) in [5, 5.41) is 10.9. The van der Waals surface area contributed by atoms with Gasteiger partial charge in [-0.15, -0.1) is 0 Å². The summed E-state index contributed by atoms with van der Waals surface area (Å²) in [6.07, 6.45) is 19.7. The first kappa shape index (κ1) is 36.5. The highest BCUT2D eigenvalue weighted by atomic mass is 16.6. The van der Waals surface area contributed by atoms with Gasteiger partial charge < -0.3 is 14.6 Å². The number of unbranched alkanes of at least 4 members (excludes halogenated alkanes) is 13. The van der Waals surface area contributed by atoms with Crippen molar-refractivity contribution in [1.82, 2.24) is 0 Å². The highest BCUT2D eigenvalue weighted by molar-refractivity contribution is 5.69. The molecule has 0 aliphatic heterocycles. The van der Waals surface area contributed by atoms with Gasteiger partial charge in [-0.25, -0.2) is 0 Å². The molecule has 0 amide bonds. The third-order valence-electron chi connectivity index (χ3n) is 7.78. The van der Waals surface area contributed by atoms with Crippen molar-refractivity contribution in [3.05, 3.63) is 28.8 Å². The zero-order chi connectivity index (χ0) is 30.0. The number of phenolic OH excluding ortho intramolecular Hbond substituents is 1. The average Bonchev–Trinajstić information content (AvgIpc) is 2.87. The van der Waals surface area contributed by atoms with E-state index >= 15 is 0 Å². The molecule has 0 saturated carbocycles. The van der Waals surface area contributed by atoms with Crippen molar-refractivity contribution in [3.8, 4) is 5.75 Å². The number of hydrogen-bond acceptors (Lipinski definition) is 4. The Bertz CT molecular complexity index is 780. The van der Waals surface area contributed by atoms with Gasteiger partial charge in [-0.05, 0) is 47.3 Å². The summed E-state index contributed by atoms with van der Waals surface area (Å²) in [7, 11) is 0. The molecule has 0 spiro atoms. The average molecular weight is 561 g/mol. The molecule has 232 valence electrons. The van der Waals surface area contributed by atoms with Gasteiger partial charge in [0.05, 0.1) is 6.10 Å². The molecule has 0 heterocycles. The first-order chi connectivity index (χ1) is 18.9. The molecule has 1 rings (SSSR count). The van der Waals surface area contributed by atoms with Gasteiger partial charge in [0.2, 0.25) is 0 Å². The van der Waals surface area contributed by atoms with Crippen LogP contribution < -0.4 is 0 Å². The molecule has 40 heavy (non-hydrogen) atoms. The molecule has 4 heteroatoms. The third-order valence-corrected chi connectivity index (χ3v) is 7.78. The second kappa shape index (κ2) is 19.5. The highest BCUT2D eigenvalue weighted by Crippen LogP contribution is 2.40. The van der Waals surface area contributed by atoms with E-state index in [-0.39, 0.29) is 22.9 Å². The molecule has 0 radical (unpaired) electrons. The highest BCUT2D eigenvalue weighted by Gasteiger charge is 2.26. The Morgan fingerprint density at radius 1 is 0.750 bits per heavy atom. The van der Waals surface area contributed by atoms with Crippen LogP contribution in [0.25, 0.3) is 0 Å². The maximum Gasteiger partial charge on any atom is 0.306 e. The van der Waals surface area contributed by atoms with Crippen molar-refractivity contribution >= 4 is 5.97 Å². The maximum atomic E-state index is 12.4. The Morgan fingerprint density at radius 2 is 1.18 bits per heavy atom. The molecule has 1 N–H and O–H groups in total. The molecule has 1 unspecified atom stereocenters. The number of carbonyl (C=O) groups excluding carboxylic acids is 1. The van der Waals surface area contributed by atoms with Gasteiger partial charge in [0, 0.05) is 13.0 Å². The number of hydrogen-bond donors (Lipinski definition) is 1. The van der Waals surface area contributed by atoms with Crippen LogP contribution in [-0.2, 0) is 31.5 Å². The fourth-order valence-corrected chi connectivity index (χ4v) is 5.14. The molecule has 0 bridgehead atoms. The van der Waals surface area contributed by atoms with Crippen LogP contribution in [-0.4, -0.2) is 30.4 Å². The molecule has 0 saturated heterocycles. The van der Waals surface area contributed by atoms with E-state index < -0.39 is 0 Å². The lowest BCUT2D eigenvalue weighted by molar-refractivity contribution is -0.147. The zero-order valence-corrected chi connectivity index (χ0v) is 27.6. The van der Waals surface area contributed by atoms with E-state index in [2.05, 4.69) is 48.5 Å². The van der Waals surface area contributed by atoms with E-state index in [0.717, 1.165) is 29.7 Å². The Kier molecular flexibility index (Phi) is 17.8. The second-order valence-corrected chi connectivity index (χ2v) is 14.0. The number of aryl methyl sites for hydroxylation is 1. The van der Waals surface area contributed by atoms with Crippen molar-refractivity contribution in [2.24, 2.45) is 0 Å². The predicted molar refractivity (Wildman–Crippen MR) is 171 cm³/mol. The van der Waals surface area contributed by atoms with Crippen LogP contribution in [0.1, 0.15) is 168 Å². The summed E-state index contributed by atoms with van der Waals surface area (Å²) in [6.45, 7) is 17.9. The summed E-state index contributed by atoms with van der Waals surface area (Å²) in [4.78, 5) is 12.4.